The predicted octanol–water partition coefficient (Wildman–Crippen LogP) is 4.29. The predicted molar refractivity (Wildman–Crippen MR) is 68.9 cm³/mol. The van der Waals surface area contributed by atoms with Gasteiger partial charge in [0.05, 0.1) is 11.1 Å². The Hall–Kier alpha value is -1.88. The fourth-order valence-corrected chi connectivity index (χ4v) is 2.00. The molecule has 104 valence electrons. The van der Waals surface area contributed by atoms with Crippen molar-refractivity contribution in [1.29, 1.82) is 0 Å². The zero-order valence-corrected chi connectivity index (χ0v) is 11.1. The highest BCUT2D eigenvalue weighted by Gasteiger charge is 2.35. The summed E-state index contributed by atoms with van der Waals surface area (Å²) >= 11 is 5.88. The van der Waals surface area contributed by atoms with Crippen LogP contribution in [0.25, 0.3) is 0 Å². The maximum absolute atomic E-state index is 12.9. The summed E-state index contributed by atoms with van der Waals surface area (Å²) in [6, 6.07) is 5.32. The number of pyridine rings is 1. The van der Waals surface area contributed by atoms with Gasteiger partial charge in [0.15, 0.2) is 5.78 Å². The Morgan fingerprint density at radius 2 is 1.90 bits per heavy atom. The van der Waals surface area contributed by atoms with Gasteiger partial charge in [-0.25, -0.2) is 0 Å². The largest absolute Gasteiger partial charge is 0.417 e. The molecule has 20 heavy (non-hydrogen) atoms. The minimum atomic E-state index is -4.61. The van der Waals surface area contributed by atoms with Crippen molar-refractivity contribution >= 4 is 17.4 Å². The van der Waals surface area contributed by atoms with Crippen molar-refractivity contribution in [1.82, 2.24) is 4.98 Å². The second-order valence-corrected chi connectivity index (χ2v) is 4.57. The highest BCUT2D eigenvalue weighted by Crippen LogP contribution is 2.33. The van der Waals surface area contributed by atoms with Crippen LogP contribution in [0.3, 0.4) is 0 Å². The number of hydrogen-bond acceptors (Lipinski definition) is 2. The maximum Gasteiger partial charge on any atom is 0.417 e. The second-order valence-electron chi connectivity index (χ2n) is 4.16. The van der Waals surface area contributed by atoms with Gasteiger partial charge in [-0.05, 0) is 24.6 Å². The van der Waals surface area contributed by atoms with Crippen molar-refractivity contribution < 1.29 is 18.0 Å². The summed E-state index contributed by atoms with van der Waals surface area (Å²) in [5.41, 5.74) is -0.908. The number of ketones is 1. The molecular weight excluding hydrogens is 291 g/mol. The number of alkyl halides is 3. The van der Waals surface area contributed by atoms with Gasteiger partial charge in [0.25, 0.3) is 0 Å². The monoisotopic (exact) mass is 299 g/mol. The third-order valence-corrected chi connectivity index (χ3v) is 3.29. The van der Waals surface area contributed by atoms with Crippen LogP contribution in [-0.4, -0.2) is 10.8 Å². The average molecular weight is 300 g/mol. The molecule has 2 rings (SSSR count). The van der Waals surface area contributed by atoms with Crippen LogP contribution in [0.1, 0.15) is 27.0 Å². The van der Waals surface area contributed by atoms with Crippen LogP contribution in [0, 0.1) is 6.92 Å². The van der Waals surface area contributed by atoms with Crippen molar-refractivity contribution in [2.75, 3.05) is 0 Å². The molecular formula is C14H9ClF3NO. The van der Waals surface area contributed by atoms with Crippen molar-refractivity contribution in [2.45, 2.75) is 13.1 Å². The van der Waals surface area contributed by atoms with Gasteiger partial charge in [-0.3, -0.25) is 9.78 Å². The molecule has 0 unspecified atom stereocenters. The van der Waals surface area contributed by atoms with E-state index in [9.17, 15) is 18.0 Å². The first-order valence-electron chi connectivity index (χ1n) is 5.63. The van der Waals surface area contributed by atoms with E-state index in [2.05, 4.69) is 4.98 Å². The molecule has 0 N–H and O–H groups in total. The Labute approximate surface area is 118 Å². The summed E-state index contributed by atoms with van der Waals surface area (Å²) in [6.07, 6.45) is -2.68. The number of hydrogen-bond donors (Lipinski definition) is 0. The van der Waals surface area contributed by atoms with Crippen LogP contribution in [0.4, 0.5) is 13.2 Å². The molecule has 1 aromatic heterocycles. The van der Waals surface area contributed by atoms with Gasteiger partial charge in [-0.2, -0.15) is 13.2 Å². The van der Waals surface area contributed by atoms with Crippen molar-refractivity contribution in [2.24, 2.45) is 0 Å². The lowest BCUT2D eigenvalue weighted by atomic mass is 9.97. The third-order valence-electron chi connectivity index (χ3n) is 2.88. The van der Waals surface area contributed by atoms with Crippen LogP contribution in [-0.2, 0) is 6.18 Å². The van der Waals surface area contributed by atoms with Gasteiger partial charge < -0.3 is 0 Å². The van der Waals surface area contributed by atoms with E-state index >= 15 is 0 Å². The average Bonchev–Trinajstić information content (AvgIpc) is 2.40. The molecule has 0 radical (unpaired) electrons. The fraction of sp³-hybridized carbons (Fsp3) is 0.143. The molecule has 2 nitrogen and oxygen atoms in total. The molecule has 0 spiro atoms. The van der Waals surface area contributed by atoms with Crippen molar-refractivity contribution in [3.05, 3.63) is 63.9 Å². The molecule has 1 heterocycles. The third kappa shape index (κ3) is 2.67. The number of carbonyl (C=O) groups is 1. The molecule has 0 aliphatic carbocycles. The zero-order chi connectivity index (χ0) is 14.9. The number of carbonyl (C=O) groups excluding carboxylic acids is 1. The van der Waals surface area contributed by atoms with Crippen LogP contribution in [0.15, 0.2) is 36.7 Å². The fourth-order valence-electron chi connectivity index (χ4n) is 1.82. The number of nitrogens with zero attached hydrogens (tertiary/aromatic N) is 1. The summed E-state index contributed by atoms with van der Waals surface area (Å²) < 4.78 is 38.7. The first kappa shape index (κ1) is 14.5. The van der Waals surface area contributed by atoms with Crippen LogP contribution >= 0.6 is 11.6 Å². The van der Waals surface area contributed by atoms with Gasteiger partial charge in [0, 0.05) is 23.0 Å². The molecule has 0 fully saturated rings. The Balaban J connectivity index is 2.58. The Bertz CT molecular complexity index is 668. The minimum Gasteiger partial charge on any atom is -0.289 e. The highest BCUT2D eigenvalue weighted by molar-refractivity contribution is 6.32. The van der Waals surface area contributed by atoms with E-state index in [0.717, 1.165) is 18.5 Å². The first-order valence-corrected chi connectivity index (χ1v) is 6.01. The van der Waals surface area contributed by atoms with E-state index in [1.807, 2.05) is 0 Å². The summed E-state index contributed by atoms with van der Waals surface area (Å²) in [4.78, 5) is 15.9. The van der Waals surface area contributed by atoms with Gasteiger partial charge in [0.1, 0.15) is 0 Å². The van der Waals surface area contributed by atoms with Gasteiger partial charge in [-0.1, -0.05) is 23.7 Å². The van der Waals surface area contributed by atoms with Gasteiger partial charge in [0.2, 0.25) is 0 Å². The van der Waals surface area contributed by atoms with E-state index in [-0.39, 0.29) is 5.56 Å². The summed E-state index contributed by atoms with van der Waals surface area (Å²) in [6.45, 7) is 1.58. The lowest BCUT2D eigenvalue weighted by Gasteiger charge is -2.12. The smallest absolute Gasteiger partial charge is 0.289 e. The number of benzene rings is 1. The molecule has 0 aliphatic rings. The molecule has 2 aromatic rings. The van der Waals surface area contributed by atoms with Crippen molar-refractivity contribution in [3.63, 3.8) is 0 Å². The van der Waals surface area contributed by atoms with Crippen molar-refractivity contribution in [3.8, 4) is 0 Å². The molecule has 0 saturated heterocycles. The number of halogens is 4. The Kier molecular flexibility index (Phi) is 3.81. The SMILES string of the molecule is Cc1c(Cl)cccc1C(=O)c1cnccc1C(F)(F)F. The highest BCUT2D eigenvalue weighted by atomic mass is 35.5. The van der Waals surface area contributed by atoms with Crippen LogP contribution in [0.5, 0.6) is 0 Å². The van der Waals surface area contributed by atoms with E-state index in [4.69, 9.17) is 11.6 Å². The summed E-state index contributed by atoms with van der Waals surface area (Å²) in [5, 5.41) is 0.327. The molecule has 0 aliphatic heterocycles. The molecule has 1 aromatic carbocycles. The molecule has 0 saturated carbocycles. The topological polar surface area (TPSA) is 30.0 Å². The van der Waals surface area contributed by atoms with Gasteiger partial charge >= 0.3 is 6.18 Å². The quantitative estimate of drug-likeness (QED) is 0.774. The zero-order valence-electron chi connectivity index (χ0n) is 10.3. The van der Waals surface area contributed by atoms with E-state index in [1.165, 1.54) is 12.1 Å². The normalized spacial score (nSPS) is 11.4. The van der Waals surface area contributed by atoms with Crippen LogP contribution in [0.2, 0.25) is 5.02 Å². The molecule has 0 atom stereocenters. The van der Waals surface area contributed by atoms with E-state index in [0.29, 0.717) is 10.6 Å². The Morgan fingerprint density at radius 1 is 1.20 bits per heavy atom. The van der Waals surface area contributed by atoms with Gasteiger partial charge in [-0.15, -0.1) is 0 Å². The first-order chi connectivity index (χ1) is 9.32. The van der Waals surface area contributed by atoms with Crippen LogP contribution < -0.4 is 0 Å². The maximum atomic E-state index is 12.9. The molecule has 0 bridgehead atoms. The number of rotatable bonds is 2. The summed E-state index contributed by atoms with van der Waals surface area (Å²) in [7, 11) is 0. The number of aromatic nitrogens is 1. The molecule has 6 heteroatoms. The second kappa shape index (κ2) is 5.25. The lowest BCUT2D eigenvalue weighted by Crippen LogP contribution is -2.15. The standard InChI is InChI=1S/C14H9ClF3NO/c1-8-9(3-2-4-12(8)15)13(20)10-7-19-6-5-11(10)14(16,17)18/h2-7H,1H3. The molecule has 0 amide bonds. The van der Waals surface area contributed by atoms with E-state index < -0.39 is 23.1 Å². The van der Waals surface area contributed by atoms with E-state index in [1.54, 1.807) is 13.0 Å². The lowest BCUT2D eigenvalue weighted by molar-refractivity contribution is -0.137. The minimum absolute atomic E-state index is 0.135. The Morgan fingerprint density at radius 3 is 2.55 bits per heavy atom. The summed E-state index contributed by atoms with van der Waals surface area (Å²) in [5.74, 6) is -0.745.